The first-order valence-electron chi connectivity index (χ1n) is 6.32. The first-order chi connectivity index (χ1) is 8.72. The second-order valence-corrected chi connectivity index (χ2v) is 4.31. The average molecular weight is 251 g/mol. The Hall–Kier alpha value is -1.62. The number of hydroxylamine groups is 1. The predicted octanol–water partition coefficient (Wildman–Crippen LogP) is 2.26. The maximum atomic E-state index is 10.7. The molecule has 0 saturated heterocycles. The monoisotopic (exact) mass is 251 g/mol. The number of unbranched alkanes of at least 4 members (excludes halogenated alkanes) is 3. The first kappa shape index (κ1) is 14.4. The molecule has 0 spiro atoms. The van der Waals surface area contributed by atoms with Gasteiger partial charge in [-0.05, 0) is 31.9 Å². The molecule has 0 radical (unpaired) electrons. The molecule has 1 aromatic rings. The summed E-state index contributed by atoms with van der Waals surface area (Å²) in [5, 5.41) is 11.6. The van der Waals surface area contributed by atoms with Crippen molar-refractivity contribution in [3.63, 3.8) is 0 Å². The van der Waals surface area contributed by atoms with Gasteiger partial charge in [0.25, 0.3) is 0 Å². The maximum absolute atomic E-state index is 10.7. The Balaban J connectivity index is 2.00. The zero-order valence-electron chi connectivity index (χ0n) is 10.8. The molecule has 0 fully saturated rings. The van der Waals surface area contributed by atoms with E-state index >= 15 is 0 Å². The van der Waals surface area contributed by atoms with E-state index in [9.17, 15) is 4.79 Å². The van der Waals surface area contributed by atoms with E-state index in [1.807, 2.05) is 19.1 Å². The molecule has 0 atom stereocenters. The van der Waals surface area contributed by atoms with Crippen LogP contribution in [0.1, 0.15) is 37.8 Å². The Morgan fingerprint density at radius 1 is 1.33 bits per heavy atom. The Labute approximate surface area is 108 Å². The third-order valence-electron chi connectivity index (χ3n) is 2.68. The van der Waals surface area contributed by atoms with Gasteiger partial charge in [0.1, 0.15) is 0 Å². The highest BCUT2D eigenvalue weighted by molar-refractivity contribution is 5.74. The number of carbonyl (C=O) groups excluding carboxylic acids is 1. The largest absolute Gasteiger partial charge is 0.385 e. The third-order valence-corrected chi connectivity index (χ3v) is 2.68. The Kier molecular flexibility index (Phi) is 6.79. The quantitative estimate of drug-likeness (QED) is 0.376. The number of aryl methyl sites for hydroxylation is 1. The topological polar surface area (TPSA) is 74.2 Å². The van der Waals surface area contributed by atoms with Gasteiger partial charge in [0, 0.05) is 30.5 Å². The lowest BCUT2D eigenvalue weighted by Gasteiger charge is -2.06. The van der Waals surface area contributed by atoms with E-state index in [1.165, 1.54) is 0 Å². The van der Waals surface area contributed by atoms with Crippen LogP contribution in [0.4, 0.5) is 5.69 Å². The second-order valence-electron chi connectivity index (χ2n) is 4.31. The number of hydrogen-bond acceptors (Lipinski definition) is 4. The van der Waals surface area contributed by atoms with E-state index in [-0.39, 0.29) is 5.91 Å². The van der Waals surface area contributed by atoms with Crippen molar-refractivity contribution in [3.8, 4) is 0 Å². The molecule has 0 bridgehead atoms. The fourth-order valence-corrected chi connectivity index (χ4v) is 1.71. The number of amides is 1. The lowest BCUT2D eigenvalue weighted by Crippen LogP contribution is -2.17. The van der Waals surface area contributed by atoms with Gasteiger partial charge in [-0.2, -0.15) is 0 Å². The highest BCUT2D eigenvalue weighted by Gasteiger charge is 1.98. The summed E-state index contributed by atoms with van der Waals surface area (Å²) in [6.45, 7) is 2.90. The molecule has 0 aliphatic heterocycles. The Morgan fingerprint density at radius 2 is 2.11 bits per heavy atom. The van der Waals surface area contributed by atoms with Crippen molar-refractivity contribution in [2.75, 3.05) is 11.9 Å². The molecule has 0 aromatic carbocycles. The molecular formula is C13H21N3O2. The molecule has 5 heteroatoms. The van der Waals surface area contributed by atoms with Crippen LogP contribution in [-0.2, 0) is 4.79 Å². The van der Waals surface area contributed by atoms with Crippen LogP contribution in [0.25, 0.3) is 0 Å². The molecule has 3 N–H and O–H groups in total. The molecular weight excluding hydrogens is 230 g/mol. The molecule has 100 valence electrons. The molecule has 5 nitrogen and oxygen atoms in total. The number of pyridine rings is 1. The minimum Gasteiger partial charge on any atom is -0.385 e. The minimum absolute atomic E-state index is 0.305. The van der Waals surface area contributed by atoms with Gasteiger partial charge < -0.3 is 5.32 Å². The number of hydrogen-bond donors (Lipinski definition) is 3. The number of anilines is 1. The van der Waals surface area contributed by atoms with Crippen molar-refractivity contribution in [1.82, 2.24) is 10.5 Å². The molecule has 18 heavy (non-hydrogen) atoms. The Bertz CT molecular complexity index is 369. The van der Waals surface area contributed by atoms with Crippen molar-refractivity contribution < 1.29 is 10.0 Å². The van der Waals surface area contributed by atoms with Gasteiger partial charge in [0.2, 0.25) is 5.91 Å². The van der Waals surface area contributed by atoms with Crippen LogP contribution in [-0.4, -0.2) is 22.6 Å². The summed E-state index contributed by atoms with van der Waals surface area (Å²) in [5.41, 5.74) is 3.75. The van der Waals surface area contributed by atoms with Crippen molar-refractivity contribution in [1.29, 1.82) is 0 Å². The molecule has 0 aliphatic rings. The SMILES string of the molecule is Cc1cc(NCCCCCCC(=O)NO)ccn1. The fraction of sp³-hybridized carbons (Fsp3) is 0.538. The van der Waals surface area contributed by atoms with E-state index in [1.54, 1.807) is 11.7 Å². The standard InChI is InChI=1S/C13H21N3O2/c1-11-10-12(7-9-14-11)15-8-5-3-2-4-6-13(17)16-18/h7,9-10,18H,2-6,8H2,1H3,(H,14,15)(H,16,17). The van der Waals surface area contributed by atoms with Crippen molar-refractivity contribution in [3.05, 3.63) is 24.0 Å². The fourth-order valence-electron chi connectivity index (χ4n) is 1.71. The maximum Gasteiger partial charge on any atom is 0.243 e. The summed E-state index contributed by atoms with van der Waals surface area (Å²) >= 11 is 0. The summed E-state index contributed by atoms with van der Waals surface area (Å²) in [6.07, 6.45) is 6.17. The number of nitrogens with zero attached hydrogens (tertiary/aromatic N) is 1. The number of rotatable bonds is 8. The molecule has 1 heterocycles. The van der Waals surface area contributed by atoms with E-state index in [2.05, 4.69) is 10.3 Å². The molecule has 1 rings (SSSR count). The van der Waals surface area contributed by atoms with E-state index in [4.69, 9.17) is 5.21 Å². The van der Waals surface area contributed by atoms with Gasteiger partial charge in [-0.1, -0.05) is 12.8 Å². The van der Waals surface area contributed by atoms with Crippen LogP contribution in [0.2, 0.25) is 0 Å². The molecule has 1 aromatic heterocycles. The van der Waals surface area contributed by atoms with Crippen molar-refractivity contribution >= 4 is 11.6 Å². The average Bonchev–Trinajstić information content (AvgIpc) is 2.37. The lowest BCUT2D eigenvalue weighted by molar-refractivity contribution is -0.129. The van der Waals surface area contributed by atoms with Gasteiger partial charge >= 0.3 is 0 Å². The Morgan fingerprint density at radius 3 is 2.83 bits per heavy atom. The van der Waals surface area contributed by atoms with Gasteiger partial charge in [-0.3, -0.25) is 15.0 Å². The highest BCUT2D eigenvalue weighted by atomic mass is 16.5. The minimum atomic E-state index is -0.305. The van der Waals surface area contributed by atoms with Gasteiger partial charge in [0.05, 0.1) is 0 Å². The lowest BCUT2D eigenvalue weighted by atomic mass is 10.1. The summed E-state index contributed by atoms with van der Waals surface area (Å²) in [6, 6.07) is 3.98. The van der Waals surface area contributed by atoms with Gasteiger partial charge in [0.15, 0.2) is 0 Å². The summed E-state index contributed by atoms with van der Waals surface area (Å²) in [5.74, 6) is -0.305. The van der Waals surface area contributed by atoms with Crippen LogP contribution < -0.4 is 10.8 Å². The molecule has 0 saturated carbocycles. The zero-order valence-corrected chi connectivity index (χ0v) is 10.8. The molecule has 1 amide bonds. The van der Waals surface area contributed by atoms with E-state index in [0.717, 1.165) is 43.6 Å². The summed E-state index contributed by atoms with van der Waals surface area (Å²) < 4.78 is 0. The number of carbonyl (C=O) groups is 1. The normalized spacial score (nSPS) is 10.1. The van der Waals surface area contributed by atoms with Crippen LogP contribution in [0.3, 0.4) is 0 Å². The van der Waals surface area contributed by atoms with Crippen molar-refractivity contribution in [2.45, 2.75) is 39.0 Å². The third kappa shape index (κ3) is 6.20. The second kappa shape index (κ2) is 8.47. The van der Waals surface area contributed by atoms with Crippen LogP contribution in [0, 0.1) is 6.92 Å². The van der Waals surface area contributed by atoms with Crippen molar-refractivity contribution in [2.24, 2.45) is 0 Å². The zero-order chi connectivity index (χ0) is 13.2. The van der Waals surface area contributed by atoms with Crippen LogP contribution >= 0.6 is 0 Å². The molecule has 0 aliphatic carbocycles. The van der Waals surface area contributed by atoms with Gasteiger partial charge in [-0.15, -0.1) is 0 Å². The highest BCUT2D eigenvalue weighted by Crippen LogP contribution is 2.08. The number of nitrogens with one attached hydrogen (secondary N) is 2. The smallest absolute Gasteiger partial charge is 0.243 e. The summed E-state index contributed by atoms with van der Waals surface area (Å²) in [7, 11) is 0. The summed E-state index contributed by atoms with van der Waals surface area (Å²) in [4.78, 5) is 14.9. The first-order valence-corrected chi connectivity index (χ1v) is 6.32. The molecule has 0 unspecified atom stereocenters. The number of aromatic nitrogens is 1. The van der Waals surface area contributed by atoms with Crippen LogP contribution in [0.15, 0.2) is 18.3 Å². The van der Waals surface area contributed by atoms with Crippen LogP contribution in [0.5, 0.6) is 0 Å². The van der Waals surface area contributed by atoms with E-state index < -0.39 is 0 Å². The predicted molar refractivity (Wildman–Crippen MR) is 70.5 cm³/mol. The van der Waals surface area contributed by atoms with E-state index in [0.29, 0.717) is 6.42 Å². The van der Waals surface area contributed by atoms with Gasteiger partial charge in [-0.25, -0.2) is 5.48 Å².